The van der Waals surface area contributed by atoms with E-state index in [1.807, 2.05) is 24.3 Å². The molecule has 0 saturated carbocycles. The van der Waals surface area contributed by atoms with Gasteiger partial charge in [-0.2, -0.15) is 0 Å². The third-order valence-corrected chi connectivity index (χ3v) is 3.88. The molecule has 0 bridgehead atoms. The zero-order chi connectivity index (χ0) is 14.7. The van der Waals surface area contributed by atoms with Crippen LogP contribution in [0.2, 0.25) is 10.0 Å². The van der Waals surface area contributed by atoms with Gasteiger partial charge >= 0.3 is 0 Å². The van der Waals surface area contributed by atoms with Crippen LogP contribution in [-0.2, 0) is 6.42 Å². The Morgan fingerprint density at radius 2 is 1.70 bits per heavy atom. The van der Waals surface area contributed by atoms with Crippen molar-refractivity contribution in [1.29, 1.82) is 0 Å². The van der Waals surface area contributed by atoms with Gasteiger partial charge in [0.2, 0.25) is 0 Å². The van der Waals surface area contributed by atoms with E-state index in [-0.39, 0.29) is 5.78 Å². The Kier molecular flexibility index (Phi) is 4.85. The molecule has 0 saturated heterocycles. The molecule has 0 spiro atoms. The quantitative estimate of drug-likeness (QED) is 0.689. The average molecular weight is 307 g/mol. The van der Waals surface area contributed by atoms with Gasteiger partial charge < -0.3 is 0 Å². The van der Waals surface area contributed by atoms with E-state index in [2.05, 4.69) is 13.8 Å². The Morgan fingerprint density at radius 1 is 1.05 bits per heavy atom. The minimum atomic E-state index is -0.103. The second-order valence-corrected chi connectivity index (χ2v) is 6.01. The molecular formula is C17H16Cl2O. The molecule has 104 valence electrons. The predicted molar refractivity (Wildman–Crippen MR) is 84.9 cm³/mol. The first kappa shape index (κ1) is 15.1. The van der Waals surface area contributed by atoms with Crippen molar-refractivity contribution in [3.8, 4) is 0 Å². The molecule has 0 aliphatic heterocycles. The first-order valence-corrected chi connectivity index (χ1v) is 7.32. The molecule has 0 aromatic heterocycles. The normalized spacial score (nSPS) is 10.8. The summed E-state index contributed by atoms with van der Waals surface area (Å²) in [6.45, 7) is 4.34. The minimum Gasteiger partial charge on any atom is -0.289 e. The maximum atomic E-state index is 12.4. The summed E-state index contributed by atoms with van der Waals surface area (Å²) >= 11 is 12.0. The number of hydrogen-bond acceptors (Lipinski definition) is 1. The standard InChI is InChI=1S/C17H16Cl2O/c1-11(2)10-12-6-8-13(9-7-12)17(20)14-4-3-5-15(18)16(14)19/h3-9,11H,10H2,1-2H3. The van der Waals surface area contributed by atoms with Gasteiger partial charge in [-0.05, 0) is 30.0 Å². The molecule has 2 aromatic carbocycles. The maximum absolute atomic E-state index is 12.4. The van der Waals surface area contributed by atoms with Crippen LogP contribution in [0.15, 0.2) is 42.5 Å². The highest BCUT2D eigenvalue weighted by molar-refractivity contribution is 6.44. The predicted octanol–water partition coefficient (Wildman–Crippen LogP) is 5.42. The summed E-state index contributed by atoms with van der Waals surface area (Å²) in [5.41, 5.74) is 2.30. The van der Waals surface area contributed by atoms with Crippen molar-refractivity contribution in [2.45, 2.75) is 20.3 Å². The number of carbonyl (C=O) groups excluding carboxylic acids is 1. The van der Waals surface area contributed by atoms with Gasteiger partial charge in [0, 0.05) is 11.1 Å². The molecule has 0 aliphatic carbocycles. The fourth-order valence-electron chi connectivity index (χ4n) is 2.10. The van der Waals surface area contributed by atoms with Gasteiger partial charge in [0.1, 0.15) is 0 Å². The summed E-state index contributed by atoms with van der Waals surface area (Å²) in [5, 5.41) is 0.708. The second kappa shape index (κ2) is 6.43. The Balaban J connectivity index is 2.27. The van der Waals surface area contributed by atoms with Crippen LogP contribution in [0.4, 0.5) is 0 Å². The lowest BCUT2D eigenvalue weighted by Gasteiger charge is -2.07. The maximum Gasteiger partial charge on any atom is 0.194 e. The molecule has 0 radical (unpaired) electrons. The molecule has 0 fully saturated rings. The van der Waals surface area contributed by atoms with Crippen molar-refractivity contribution in [1.82, 2.24) is 0 Å². The molecule has 1 nitrogen and oxygen atoms in total. The first-order valence-electron chi connectivity index (χ1n) is 6.56. The van der Waals surface area contributed by atoms with Gasteiger partial charge in [-0.3, -0.25) is 4.79 Å². The average Bonchev–Trinajstić information content (AvgIpc) is 2.41. The van der Waals surface area contributed by atoms with E-state index in [1.165, 1.54) is 5.56 Å². The van der Waals surface area contributed by atoms with Crippen molar-refractivity contribution in [2.24, 2.45) is 5.92 Å². The van der Waals surface area contributed by atoms with E-state index in [1.54, 1.807) is 18.2 Å². The Bertz CT molecular complexity index is 615. The van der Waals surface area contributed by atoms with Crippen molar-refractivity contribution in [3.63, 3.8) is 0 Å². The summed E-state index contributed by atoms with van der Waals surface area (Å²) in [6.07, 6.45) is 1.01. The number of hydrogen-bond donors (Lipinski definition) is 0. The molecule has 0 N–H and O–H groups in total. The van der Waals surface area contributed by atoms with E-state index < -0.39 is 0 Å². The highest BCUT2D eigenvalue weighted by Crippen LogP contribution is 2.27. The van der Waals surface area contributed by atoms with Crippen LogP contribution >= 0.6 is 23.2 Å². The fraction of sp³-hybridized carbons (Fsp3) is 0.235. The van der Waals surface area contributed by atoms with Crippen molar-refractivity contribution in [2.75, 3.05) is 0 Å². The molecule has 0 atom stereocenters. The van der Waals surface area contributed by atoms with Crippen LogP contribution < -0.4 is 0 Å². The molecule has 0 amide bonds. The number of carbonyl (C=O) groups is 1. The Labute approximate surface area is 129 Å². The van der Waals surface area contributed by atoms with Crippen LogP contribution in [0.5, 0.6) is 0 Å². The lowest BCUT2D eigenvalue weighted by atomic mass is 9.98. The van der Waals surface area contributed by atoms with Crippen LogP contribution in [0.3, 0.4) is 0 Å². The number of halogens is 2. The molecule has 0 unspecified atom stereocenters. The van der Waals surface area contributed by atoms with Crippen molar-refractivity contribution in [3.05, 3.63) is 69.2 Å². The Hall–Kier alpha value is -1.31. The van der Waals surface area contributed by atoms with Crippen molar-refractivity contribution < 1.29 is 4.79 Å². The summed E-state index contributed by atoms with van der Waals surface area (Å²) in [4.78, 5) is 12.4. The van der Waals surface area contributed by atoms with Crippen LogP contribution in [0.1, 0.15) is 35.3 Å². The zero-order valence-electron chi connectivity index (χ0n) is 11.5. The summed E-state index contributed by atoms with van der Waals surface area (Å²) in [7, 11) is 0. The molecule has 0 aliphatic rings. The van der Waals surface area contributed by atoms with E-state index >= 15 is 0 Å². The molecule has 20 heavy (non-hydrogen) atoms. The van der Waals surface area contributed by atoms with Gasteiger partial charge in [-0.15, -0.1) is 0 Å². The lowest BCUT2D eigenvalue weighted by molar-refractivity contribution is 0.103. The van der Waals surface area contributed by atoms with Gasteiger partial charge in [0.25, 0.3) is 0 Å². The molecule has 2 aromatic rings. The first-order chi connectivity index (χ1) is 9.49. The highest BCUT2D eigenvalue weighted by atomic mass is 35.5. The third kappa shape index (κ3) is 3.41. The zero-order valence-corrected chi connectivity index (χ0v) is 13.0. The van der Waals surface area contributed by atoms with Crippen LogP contribution in [0, 0.1) is 5.92 Å². The SMILES string of the molecule is CC(C)Cc1ccc(C(=O)c2cccc(Cl)c2Cl)cc1. The summed E-state index contributed by atoms with van der Waals surface area (Å²) < 4.78 is 0. The van der Waals surface area contributed by atoms with Crippen molar-refractivity contribution >= 4 is 29.0 Å². The minimum absolute atomic E-state index is 0.103. The topological polar surface area (TPSA) is 17.1 Å². The number of ketones is 1. The van der Waals surface area contributed by atoms with Gasteiger partial charge in [-0.1, -0.05) is 67.4 Å². The second-order valence-electron chi connectivity index (χ2n) is 5.23. The van der Waals surface area contributed by atoms with E-state index in [4.69, 9.17) is 23.2 Å². The monoisotopic (exact) mass is 306 g/mol. The lowest BCUT2D eigenvalue weighted by Crippen LogP contribution is -2.03. The third-order valence-electron chi connectivity index (χ3n) is 3.06. The molecular weight excluding hydrogens is 291 g/mol. The highest BCUT2D eigenvalue weighted by Gasteiger charge is 2.14. The summed E-state index contributed by atoms with van der Waals surface area (Å²) in [6, 6.07) is 12.8. The smallest absolute Gasteiger partial charge is 0.194 e. The van der Waals surface area contributed by atoms with Crippen LogP contribution in [-0.4, -0.2) is 5.78 Å². The molecule has 2 rings (SSSR count). The number of rotatable bonds is 4. The van der Waals surface area contributed by atoms with Gasteiger partial charge in [-0.25, -0.2) is 0 Å². The van der Waals surface area contributed by atoms with Gasteiger partial charge in [0.05, 0.1) is 10.0 Å². The Morgan fingerprint density at radius 3 is 2.30 bits per heavy atom. The number of benzene rings is 2. The largest absolute Gasteiger partial charge is 0.289 e. The van der Waals surface area contributed by atoms with Crippen LogP contribution in [0.25, 0.3) is 0 Å². The fourth-order valence-corrected chi connectivity index (χ4v) is 2.48. The van der Waals surface area contributed by atoms with E-state index in [0.29, 0.717) is 27.1 Å². The molecule has 3 heteroatoms. The van der Waals surface area contributed by atoms with Gasteiger partial charge in [0.15, 0.2) is 5.78 Å². The van der Waals surface area contributed by atoms with E-state index in [9.17, 15) is 4.79 Å². The van der Waals surface area contributed by atoms with E-state index in [0.717, 1.165) is 6.42 Å². The summed E-state index contributed by atoms with van der Waals surface area (Å²) in [5.74, 6) is 0.493. The molecule has 0 heterocycles.